The molecule has 0 spiro atoms. The van der Waals surface area contributed by atoms with Crippen molar-refractivity contribution in [2.75, 3.05) is 13.2 Å². The average Bonchev–Trinajstić information content (AvgIpc) is 2.76. The second-order valence-corrected chi connectivity index (χ2v) is 6.23. The van der Waals surface area contributed by atoms with Crippen molar-refractivity contribution >= 4 is 27.6 Å². The number of ether oxygens (including phenoxy) is 1. The van der Waals surface area contributed by atoms with Gasteiger partial charge in [0.15, 0.2) is 0 Å². The molecule has 104 valence electrons. The predicted molar refractivity (Wildman–Crippen MR) is 67.5 cm³/mol. The van der Waals surface area contributed by atoms with Crippen LogP contribution in [0.15, 0.2) is 29.2 Å². The van der Waals surface area contributed by atoms with Gasteiger partial charge >= 0.3 is 5.97 Å². The van der Waals surface area contributed by atoms with Gasteiger partial charge in [0, 0.05) is 0 Å². The zero-order valence-electron chi connectivity index (χ0n) is 9.74. The number of carbonyl (C=O) groups is 1. The van der Waals surface area contributed by atoms with Gasteiger partial charge < -0.3 is 9.84 Å². The molecule has 0 aromatic heterocycles. The van der Waals surface area contributed by atoms with Gasteiger partial charge in [0.25, 0.3) is 0 Å². The number of benzene rings is 1. The molecule has 1 saturated heterocycles. The molecule has 2 unspecified atom stereocenters. The highest BCUT2D eigenvalue weighted by Crippen LogP contribution is 2.22. The molecule has 1 aliphatic heterocycles. The van der Waals surface area contributed by atoms with Crippen LogP contribution in [-0.4, -0.2) is 38.7 Å². The SMILES string of the molecule is O=C(O)C1COCC1NS(=O)(=O)c1ccccc1Cl. The minimum atomic E-state index is -3.87. The first-order chi connectivity index (χ1) is 8.92. The standard InChI is InChI=1S/C11H12ClNO5S/c12-8-3-1-2-4-10(8)19(16,17)13-9-6-18-5-7(9)11(14)15/h1-4,7,9,13H,5-6H2,(H,14,15). The Morgan fingerprint density at radius 2 is 2.05 bits per heavy atom. The largest absolute Gasteiger partial charge is 0.481 e. The quantitative estimate of drug-likeness (QED) is 0.855. The lowest BCUT2D eigenvalue weighted by atomic mass is 10.1. The van der Waals surface area contributed by atoms with Crippen LogP contribution < -0.4 is 4.72 Å². The molecule has 8 heteroatoms. The number of carboxylic acid groups (broad SMARTS) is 1. The number of sulfonamides is 1. The van der Waals surface area contributed by atoms with Gasteiger partial charge in [-0.15, -0.1) is 0 Å². The number of nitrogens with one attached hydrogen (secondary N) is 1. The molecule has 6 nitrogen and oxygen atoms in total. The van der Waals surface area contributed by atoms with Gasteiger partial charge in [0.05, 0.1) is 30.2 Å². The lowest BCUT2D eigenvalue weighted by Crippen LogP contribution is -2.42. The van der Waals surface area contributed by atoms with Gasteiger partial charge in [0.1, 0.15) is 4.90 Å². The van der Waals surface area contributed by atoms with E-state index >= 15 is 0 Å². The van der Waals surface area contributed by atoms with Gasteiger partial charge in [-0.1, -0.05) is 23.7 Å². The van der Waals surface area contributed by atoms with E-state index in [0.717, 1.165) is 0 Å². The summed E-state index contributed by atoms with van der Waals surface area (Å²) in [4.78, 5) is 10.9. The number of rotatable bonds is 4. The molecule has 19 heavy (non-hydrogen) atoms. The monoisotopic (exact) mass is 305 g/mol. The normalized spacial score (nSPS) is 23.4. The summed E-state index contributed by atoms with van der Waals surface area (Å²) in [6.07, 6.45) is 0. The van der Waals surface area contributed by atoms with E-state index in [0.29, 0.717) is 0 Å². The second-order valence-electron chi connectivity index (χ2n) is 4.14. The second kappa shape index (κ2) is 5.46. The lowest BCUT2D eigenvalue weighted by Gasteiger charge is -2.16. The van der Waals surface area contributed by atoms with E-state index in [4.69, 9.17) is 21.4 Å². The van der Waals surface area contributed by atoms with Crippen molar-refractivity contribution in [1.82, 2.24) is 4.72 Å². The summed E-state index contributed by atoms with van der Waals surface area (Å²) in [5, 5.41) is 9.05. The molecule has 0 aliphatic carbocycles. The van der Waals surface area contributed by atoms with Crippen LogP contribution in [0.1, 0.15) is 0 Å². The summed E-state index contributed by atoms with van der Waals surface area (Å²) in [7, 11) is -3.87. The van der Waals surface area contributed by atoms with Gasteiger partial charge in [0.2, 0.25) is 10.0 Å². The van der Waals surface area contributed by atoms with Crippen molar-refractivity contribution in [2.24, 2.45) is 5.92 Å². The van der Waals surface area contributed by atoms with Gasteiger partial charge in [-0.25, -0.2) is 13.1 Å². The number of hydrogen-bond donors (Lipinski definition) is 2. The Morgan fingerprint density at radius 3 is 2.68 bits per heavy atom. The van der Waals surface area contributed by atoms with Gasteiger partial charge in [-0.2, -0.15) is 0 Å². The van der Waals surface area contributed by atoms with E-state index in [9.17, 15) is 13.2 Å². The fourth-order valence-electron chi connectivity index (χ4n) is 1.84. The Labute approximate surface area is 115 Å². The molecule has 0 bridgehead atoms. The maximum absolute atomic E-state index is 12.1. The molecule has 1 heterocycles. The summed E-state index contributed by atoms with van der Waals surface area (Å²) >= 11 is 5.83. The maximum Gasteiger partial charge on any atom is 0.310 e. The fraction of sp³-hybridized carbons (Fsp3) is 0.364. The summed E-state index contributed by atoms with van der Waals surface area (Å²) in [6.45, 7) is 0.0195. The van der Waals surface area contributed by atoms with E-state index in [2.05, 4.69) is 4.72 Å². The lowest BCUT2D eigenvalue weighted by molar-refractivity contribution is -0.142. The highest BCUT2D eigenvalue weighted by atomic mass is 35.5. The molecule has 0 radical (unpaired) electrons. The highest BCUT2D eigenvalue weighted by Gasteiger charge is 2.37. The van der Waals surface area contributed by atoms with Crippen LogP contribution in [0.5, 0.6) is 0 Å². The summed E-state index contributed by atoms with van der Waals surface area (Å²) < 4.78 is 31.6. The molecule has 0 amide bonds. The van der Waals surface area contributed by atoms with Crippen LogP contribution >= 0.6 is 11.6 Å². The van der Waals surface area contributed by atoms with E-state index in [1.165, 1.54) is 12.1 Å². The molecule has 2 N–H and O–H groups in total. The average molecular weight is 306 g/mol. The number of carboxylic acids is 1. The molecule has 1 fully saturated rings. The van der Waals surface area contributed by atoms with Gasteiger partial charge in [-0.3, -0.25) is 4.79 Å². The first-order valence-corrected chi connectivity index (χ1v) is 7.35. The van der Waals surface area contributed by atoms with Crippen molar-refractivity contribution in [3.05, 3.63) is 29.3 Å². The van der Waals surface area contributed by atoms with E-state index < -0.39 is 28.0 Å². The smallest absolute Gasteiger partial charge is 0.310 e. The van der Waals surface area contributed by atoms with E-state index in [-0.39, 0.29) is 23.1 Å². The minimum absolute atomic E-state index is 0.00889. The first-order valence-electron chi connectivity index (χ1n) is 5.49. The van der Waals surface area contributed by atoms with Crippen LogP contribution in [0.4, 0.5) is 0 Å². The zero-order chi connectivity index (χ0) is 14.0. The predicted octanol–water partition coefficient (Wildman–Crippen LogP) is 0.718. The van der Waals surface area contributed by atoms with Crippen LogP contribution in [0.25, 0.3) is 0 Å². The summed E-state index contributed by atoms with van der Waals surface area (Å²) in [6, 6.07) is 5.17. The third-order valence-corrected chi connectivity index (χ3v) is 4.82. The van der Waals surface area contributed by atoms with Crippen molar-refractivity contribution in [1.29, 1.82) is 0 Å². The summed E-state index contributed by atoms with van der Waals surface area (Å²) in [5.41, 5.74) is 0. The molecule has 1 aliphatic rings. The third-order valence-electron chi connectivity index (χ3n) is 2.83. The molecular formula is C11H12ClNO5S. The van der Waals surface area contributed by atoms with E-state index in [1.807, 2.05) is 0 Å². The van der Waals surface area contributed by atoms with Crippen molar-refractivity contribution in [3.63, 3.8) is 0 Å². The Bertz CT molecular complexity index is 589. The maximum atomic E-state index is 12.1. The minimum Gasteiger partial charge on any atom is -0.481 e. The first kappa shape index (κ1) is 14.3. The third kappa shape index (κ3) is 3.06. The molecule has 2 rings (SSSR count). The molecular weight excluding hydrogens is 294 g/mol. The fourth-order valence-corrected chi connectivity index (χ4v) is 3.62. The van der Waals surface area contributed by atoms with Crippen molar-refractivity contribution in [2.45, 2.75) is 10.9 Å². The summed E-state index contributed by atoms with van der Waals surface area (Å²) in [5.74, 6) is -1.98. The number of halogens is 1. The molecule has 1 aromatic rings. The molecule has 0 saturated carbocycles. The molecule has 2 atom stereocenters. The van der Waals surface area contributed by atoms with Crippen LogP contribution in [-0.2, 0) is 19.6 Å². The zero-order valence-corrected chi connectivity index (χ0v) is 11.3. The van der Waals surface area contributed by atoms with Crippen LogP contribution in [0.3, 0.4) is 0 Å². The van der Waals surface area contributed by atoms with E-state index in [1.54, 1.807) is 12.1 Å². The van der Waals surface area contributed by atoms with Crippen molar-refractivity contribution in [3.8, 4) is 0 Å². The molecule has 1 aromatic carbocycles. The Balaban J connectivity index is 2.23. The Hall–Kier alpha value is -1.15. The van der Waals surface area contributed by atoms with Crippen LogP contribution in [0.2, 0.25) is 5.02 Å². The Kier molecular flexibility index (Phi) is 4.10. The van der Waals surface area contributed by atoms with Crippen molar-refractivity contribution < 1.29 is 23.1 Å². The topological polar surface area (TPSA) is 92.7 Å². The van der Waals surface area contributed by atoms with Gasteiger partial charge in [-0.05, 0) is 12.1 Å². The number of hydrogen-bond acceptors (Lipinski definition) is 4. The highest BCUT2D eigenvalue weighted by molar-refractivity contribution is 7.89. The van der Waals surface area contributed by atoms with Crippen LogP contribution in [0, 0.1) is 5.92 Å². The number of aliphatic carboxylic acids is 1. The Morgan fingerprint density at radius 1 is 1.37 bits per heavy atom.